The smallest absolute Gasteiger partial charge is 0.0589 e. The van der Waals surface area contributed by atoms with Crippen LogP contribution in [0.15, 0.2) is 25.1 Å². The third-order valence-corrected chi connectivity index (χ3v) is 2.89. The van der Waals surface area contributed by atoms with E-state index in [0.717, 1.165) is 31.9 Å². The number of allylic oxidation sites excluding steroid dienone is 1. The molecule has 0 bridgehead atoms. The maximum Gasteiger partial charge on any atom is 0.0589 e. The highest BCUT2D eigenvalue weighted by molar-refractivity contribution is 5.00. The van der Waals surface area contributed by atoms with Crippen LogP contribution in [0.3, 0.4) is 0 Å². The third kappa shape index (κ3) is 5.37. The van der Waals surface area contributed by atoms with Crippen LogP contribution in [0.25, 0.3) is 0 Å². The van der Waals surface area contributed by atoms with Gasteiger partial charge < -0.3 is 9.64 Å². The second-order valence-corrected chi connectivity index (χ2v) is 4.06. The first-order chi connectivity index (χ1) is 8.19. The number of ether oxygens (including phenoxy) is 1. The van der Waals surface area contributed by atoms with Crippen LogP contribution in [0, 0.1) is 0 Å². The van der Waals surface area contributed by atoms with Crippen molar-refractivity contribution in [2.75, 3.05) is 33.4 Å². The molecule has 1 unspecified atom stereocenters. The van der Waals surface area contributed by atoms with E-state index in [1.165, 1.54) is 6.42 Å². The molecule has 3 nitrogen and oxygen atoms in total. The van der Waals surface area contributed by atoms with Gasteiger partial charge in [0.25, 0.3) is 0 Å². The Morgan fingerprint density at radius 3 is 2.65 bits per heavy atom. The normalized spacial score (nSPS) is 19.4. The van der Waals surface area contributed by atoms with E-state index in [2.05, 4.69) is 23.0 Å². The largest absolute Gasteiger partial charge is 0.383 e. The summed E-state index contributed by atoms with van der Waals surface area (Å²) in [5.41, 5.74) is 1.07. The Balaban J connectivity index is 0.00000121. The molecular formula is C14H28N2O. The van der Waals surface area contributed by atoms with Crippen LogP contribution in [0.5, 0.6) is 0 Å². The molecule has 1 heterocycles. The lowest BCUT2D eigenvalue weighted by molar-refractivity contribution is 0.157. The molecule has 1 saturated heterocycles. The first kappa shape index (κ1) is 16.2. The monoisotopic (exact) mass is 240 g/mol. The Kier molecular flexibility index (Phi) is 8.82. The molecule has 0 radical (unpaired) electrons. The molecule has 0 amide bonds. The van der Waals surface area contributed by atoms with Crippen molar-refractivity contribution in [3.05, 3.63) is 25.1 Å². The predicted molar refractivity (Wildman–Crippen MR) is 74.9 cm³/mol. The summed E-state index contributed by atoms with van der Waals surface area (Å²) in [6.45, 7) is 17.9. The van der Waals surface area contributed by atoms with E-state index >= 15 is 0 Å². The van der Waals surface area contributed by atoms with E-state index in [-0.39, 0.29) is 0 Å². The van der Waals surface area contributed by atoms with Gasteiger partial charge in [0.15, 0.2) is 0 Å². The summed E-state index contributed by atoms with van der Waals surface area (Å²) in [6, 6.07) is 0.539. The molecule has 1 aliphatic rings. The van der Waals surface area contributed by atoms with Crippen LogP contribution in [0.2, 0.25) is 0 Å². The summed E-state index contributed by atoms with van der Waals surface area (Å²) in [5, 5.41) is 0. The number of nitrogens with zero attached hydrogens (tertiary/aromatic N) is 2. The van der Waals surface area contributed by atoms with Gasteiger partial charge in [-0.3, -0.25) is 4.90 Å². The number of hydrogen-bond donors (Lipinski definition) is 0. The molecule has 1 fully saturated rings. The van der Waals surface area contributed by atoms with Gasteiger partial charge in [0.2, 0.25) is 0 Å². The van der Waals surface area contributed by atoms with Crippen molar-refractivity contribution in [2.24, 2.45) is 0 Å². The van der Waals surface area contributed by atoms with Gasteiger partial charge in [0.1, 0.15) is 0 Å². The van der Waals surface area contributed by atoms with Gasteiger partial charge >= 0.3 is 0 Å². The predicted octanol–water partition coefficient (Wildman–Crippen LogP) is 2.71. The molecule has 1 atom stereocenters. The Bertz CT molecular complexity index is 228. The summed E-state index contributed by atoms with van der Waals surface area (Å²) >= 11 is 0. The molecular weight excluding hydrogens is 212 g/mol. The Hall–Kier alpha value is -0.800. The fraction of sp³-hybridized carbons (Fsp3) is 0.714. The number of methoxy groups -OCH3 is 1. The first-order valence-corrected chi connectivity index (χ1v) is 6.46. The van der Waals surface area contributed by atoms with Gasteiger partial charge in [0, 0.05) is 38.5 Å². The Labute approximate surface area is 107 Å². The molecule has 17 heavy (non-hydrogen) atoms. The van der Waals surface area contributed by atoms with Crippen LogP contribution in [0.1, 0.15) is 27.2 Å². The summed E-state index contributed by atoms with van der Waals surface area (Å²) in [4.78, 5) is 4.60. The van der Waals surface area contributed by atoms with Gasteiger partial charge in [-0.1, -0.05) is 27.0 Å². The average Bonchev–Trinajstić information content (AvgIpc) is 2.78. The fourth-order valence-electron chi connectivity index (χ4n) is 2.08. The van der Waals surface area contributed by atoms with Crippen LogP contribution >= 0.6 is 0 Å². The molecule has 0 aromatic heterocycles. The maximum atomic E-state index is 5.08. The second-order valence-electron chi connectivity index (χ2n) is 4.06. The highest BCUT2D eigenvalue weighted by Gasteiger charge is 2.25. The number of likely N-dealkylation sites (tertiary alicyclic amines) is 1. The quantitative estimate of drug-likeness (QED) is 0.710. The minimum absolute atomic E-state index is 0.539. The Morgan fingerprint density at radius 2 is 2.18 bits per heavy atom. The minimum atomic E-state index is 0.539. The van der Waals surface area contributed by atoms with Crippen molar-refractivity contribution in [1.29, 1.82) is 0 Å². The molecule has 1 aliphatic heterocycles. The standard InChI is InChI=1S/C12H22N2O.C2H6/c1-5-14(11(2)3)12-6-7-13(10-12)8-9-15-4;1-2/h5,12H,1-2,6-10H2,3-4H3;1-2H3. The van der Waals surface area contributed by atoms with Gasteiger partial charge in [-0.25, -0.2) is 0 Å². The van der Waals surface area contributed by atoms with E-state index in [1.54, 1.807) is 7.11 Å². The van der Waals surface area contributed by atoms with Crippen LogP contribution in [0.4, 0.5) is 0 Å². The van der Waals surface area contributed by atoms with Crippen LogP contribution in [-0.4, -0.2) is 49.2 Å². The van der Waals surface area contributed by atoms with E-state index in [9.17, 15) is 0 Å². The Morgan fingerprint density at radius 1 is 1.53 bits per heavy atom. The zero-order valence-corrected chi connectivity index (χ0v) is 11.9. The molecule has 0 aliphatic carbocycles. The molecule has 0 aromatic rings. The summed E-state index contributed by atoms with van der Waals surface area (Å²) in [5.74, 6) is 0. The van der Waals surface area contributed by atoms with Gasteiger partial charge in [-0.05, 0) is 19.5 Å². The van der Waals surface area contributed by atoms with E-state index < -0.39 is 0 Å². The van der Waals surface area contributed by atoms with E-state index in [1.807, 2.05) is 27.0 Å². The van der Waals surface area contributed by atoms with Gasteiger partial charge in [-0.2, -0.15) is 0 Å². The maximum absolute atomic E-state index is 5.08. The minimum Gasteiger partial charge on any atom is -0.383 e. The van der Waals surface area contributed by atoms with Crippen molar-refractivity contribution in [2.45, 2.75) is 33.2 Å². The molecule has 0 aromatic carbocycles. The second kappa shape index (κ2) is 9.25. The van der Waals surface area contributed by atoms with Crippen molar-refractivity contribution in [3.63, 3.8) is 0 Å². The lowest BCUT2D eigenvalue weighted by Gasteiger charge is -2.27. The lowest BCUT2D eigenvalue weighted by Crippen LogP contribution is -2.33. The average molecular weight is 240 g/mol. The highest BCUT2D eigenvalue weighted by atomic mass is 16.5. The fourth-order valence-corrected chi connectivity index (χ4v) is 2.08. The summed E-state index contributed by atoms with van der Waals surface area (Å²) in [6.07, 6.45) is 3.06. The number of rotatable bonds is 6. The zero-order valence-electron chi connectivity index (χ0n) is 11.9. The first-order valence-electron chi connectivity index (χ1n) is 6.46. The van der Waals surface area contributed by atoms with Crippen molar-refractivity contribution >= 4 is 0 Å². The number of hydrogen-bond acceptors (Lipinski definition) is 3. The molecule has 3 heteroatoms. The lowest BCUT2D eigenvalue weighted by atomic mass is 10.2. The zero-order chi connectivity index (χ0) is 13.3. The summed E-state index contributed by atoms with van der Waals surface area (Å²) in [7, 11) is 1.75. The molecule has 0 spiro atoms. The topological polar surface area (TPSA) is 15.7 Å². The van der Waals surface area contributed by atoms with E-state index in [0.29, 0.717) is 6.04 Å². The summed E-state index contributed by atoms with van der Waals surface area (Å²) < 4.78 is 5.08. The van der Waals surface area contributed by atoms with Crippen molar-refractivity contribution in [1.82, 2.24) is 9.80 Å². The molecule has 0 saturated carbocycles. The van der Waals surface area contributed by atoms with Gasteiger partial charge in [0.05, 0.1) is 6.61 Å². The van der Waals surface area contributed by atoms with Crippen LogP contribution in [-0.2, 0) is 4.74 Å². The van der Waals surface area contributed by atoms with Crippen LogP contribution < -0.4 is 0 Å². The van der Waals surface area contributed by atoms with Gasteiger partial charge in [-0.15, -0.1) is 0 Å². The molecule has 1 rings (SSSR count). The third-order valence-electron chi connectivity index (χ3n) is 2.89. The molecule has 100 valence electrons. The SMILES string of the molecule is C=CN(C(=C)C)C1CCN(CCOC)C1.CC. The highest BCUT2D eigenvalue weighted by Crippen LogP contribution is 2.18. The van der Waals surface area contributed by atoms with Crippen molar-refractivity contribution in [3.8, 4) is 0 Å². The molecule has 0 N–H and O–H groups in total. The van der Waals surface area contributed by atoms with Crippen molar-refractivity contribution < 1.29 is 4.74 Å². The van der Waals surface area contributed by atoms with E-state index in [4.69, 9.17) is 4.74 Å².